The Bertz CT molecular complexity index is 1870. The van der Waals surface area contributed by atoms with Crippen molar-refractivity contribution in [2.24, 2.45) is 5.10 Å². The number of halogens is 1. The van der Waals surface area contributed by atoms with Crippen molar-refractivity contribution < 1.29 is 9.47 Å². The van der Waals surface area contributed by atoms with E-state index in [0.29, 0.717) is 39.3 Å². The standard InChI is InChI=1S/C33H27ClN4O3S/c1-40-28-17-14-21(18-29(28)41-2)27-19-26(37-38(27)33(42)35-23-8-4-3-5-9-23)31-30(20-12-15-22(34)16-13-20)24-10-6-7-11-25(24)36-32(31)39/h3-18,27H,19H2,1-2H3,(H,35,42)(H,36,39). The number of methoxy groups -OCH3 is 2. The number of pyridine rings is 1. The number of hydrogen-bond donors (Lipinski definition) is 2. The molecule has 4 aromatic carbocycles. The molecule has 6 rings (SSSR count). The Labute approximate surface area is 253 Å². The molecule has 9 heteroatoms. The van der Waals surface area contributed by atoms with Gasteiger partial charge in [-0.05, 0) is 65.8 Å². The minimum atomic E-state index is -0.313. The molecule has 0 saturated carbocycles. The van der Waals surface area contributed by atoms with Crippen LogP contribution in [-0.2, 0) is 0 Å². The van der Waals surface area contributed by atoms with Gasteiger partial charge >= 0.3 is 0 Å². The van der Waals surface area contributed by atoms with Gasteiger partial charge in [-0.2, -0.15) is 5.10 Å². The number of rotatable bonds is 6. The van der Waals surface area contributed by atoms with Crippen LogP contribution in [0, 0.1) is 0 Å². The SMILES string of the molecule is COc1ccc(C2CC(c3c(-c4ccc(Cl)cc4)c4ccccc4[nH]c3=O)=NN2C(=S)Nc2ccccc2)cc1OC. The number of nitrogens with zero attached hydrogens (tertiary/aromatic N) is 2. The predicted molar refractivity (Wildman–Crippen MR) is 173 cm³/mol. The summed E-state index contributed by atoms with van der Waals surface area (Å²) >= 11 is 12.1. The first-order chi connectivity index (χ1) is 20.5. The number of hydrazone groups is 1. The van der Waals surface area contributed by atoms with Crippen LogP contribution in [0.25, 0.3) is 22.0 Å². The summed E-state index contributed by atoms with van der Waals surface area (Å²) in [6, 6.07) is 30.4. The number of thiocarbonyl (C=S) groups is 1. The van der Waals surface area contributed by atoms with Crippen LogP contribution in [0.5, 0.6) is 11.5 Å². The summed E-state index contributed by atoms with van der Waals surface area (Å²) < 4.78 is 11.1. The molecule has 1 aromatic heterocycles. The van der Waals surface area contributed by atoms with Crippen molar-refractivity contribution in [2.75, 3.05) is 19.5 Å². The highest BCUT2D eigenvalue weighted by Gasteiger charge is 2.34. The fourth-order valence-electron chi connectivity index (χ4n) is 5.31. The summed E-state index contributed by atoms with van der Waals surface area (Å²) in [6.07, 6.45) is 0.425. The fourth-order valence-corrected chi connectivity index (χ4v) is 5.72. The Hall–Kier alpha value is -4.66. The molecule has 0 radical (unpaired) electrons. The normalized spacial score (nSPS) is 14.5. The summed E-state index contributed by atoms with van der Waals surface area (Å²) in [5.74, 6) is 1.21. The summed E-state index contributed by atoms with van der Waals surface area (Å²) in [5, 5.41) is 12.0. The number of aromatic amines is 1. The molecular formula is C33H27ClN4O3S. The minimum Gasteiger partial charge on any atom is -0.493 e. The molecule has 0 spiro atoms. The maximum atomic E-state index is 13.8. The second-order valence-corrected chi connectivity index (χ2v) is 10.6. The molecule has 0 bridgehead atoms. The van der Waals surface area contributed by atoms with Crippen LogP contribution < -0.4 is 20.3 Å². The number of benzene rings is 4. The molecule has 5 aromatic rings. The van der Waals surface area contributed by atoms with Crippen LogP contribution >= 0.6 is 23.8 Å². The number of ether oxygens (including phenoxy) is 2. The van der Waals surface area contributed by atoms with Gasteiger partial charge < -0.3 is 19.8 Å². The molecule has 7 nitrogen and oxygen atoms in total. The van der Waals surface area contributed by atoms with Crippen LogP contribution in [0.15, 0.2) is 107 Å². The molecule has 1 unspecified atom stereocenters. The highest BCUT2D eigenvalue weighted by atomic mass is 35.5. The first-order valence-electron chi connectivity index (χ1n) is 13.3. The average Bonchev–Trinajstić information content (AvgIpc) is 3.46. The molecule has 0 saturated heterocycles. The second-order valence-electron chi connectivity index (χ2n) is 9.78. The third kappa shape index (κ3) is 5.22. The highest BCUT2D eigenvalue weighted by Crippen LogP contribution is 2.40. The van der Waals surface area contributed by atoms with E-state index >= 15 is 0 Å². The van der Waals surface area contributed by atoms with Gasteiger partial charge in [0.1, 0.15) is 0 Å². The van der Waals surface area contributed by atoms with E-state index in [0.717, 1.165) is 33.3 Å². The van der Waals surface area contributed by atoms with Gasteiger partial charge in [0.15, 0.2) is 16.6 Å². The van der Waals surface area contributed by atoms with Crippen molar-refractivity contribution in [1.82, 2.24) is 9.99 Å². The van der Waals surface area contributed by atoms with E-state index in [2.05, 4.69) is 10.3 Å². The number of nitrogens with one attached hydrogen (secondary N) is 2. The first kappa shape index (κ1) is 27.5. The van der Waals surface area contributed by atoms with Gasteiger partial charge in [0.25, 0.3) is 5.56 Å². The van der Waals surface area contributed by atoms with Crippen LogP contribution in [-0.4, -0.2) is 35.0 Å². The van der Waals surface area contributed by atoms with E-state index in [1.54, 1.807) is 19.2 Å². The lowest BCUT2D eigenvalue weighted by atomic mass is 9.91. The molecule has 210 valence electrons. The first-order valence-corrected chi connectivity index (χ1v) is 14.1. The van der Waals surface area contributed by atoms with Gasteiger partial charge in [0.2, 0.25) is 0 Å². The van der Waals surface area contributed by atoms with Crippen LogP contribution in [0.4, 0.5) is 5.69 Å². The number of fused-ring (bicyclic) bond motifs is 1. The Kier molecular flexibility index (Phi) is 7.65. The smallest absolute Gasteiger partial charge is 0.258 e. The number of hydrogen-bond acceptors (Lipinski definition) is 5. The molecule has 1 atom stereocenters. The van der Waals surface area contributed by atoms with Crippen LogP contribution in [0.2, 0.25) is 5.02 Å². The Morgan fingerprint density at radius 2 is 1.64 bits per heavy atom. The second kappa shape index (κ2) is 11.7. The van der Waals surface area contributed by atoms with Crippen molar-refractivity contribution >= 4 is 51.2 Å². The molecule has 42 heavy (non-hydrogen) atoms. The number of aromatic nitrogens is 1. The molecule has 0 fully saturated rings. The molecule has 2 N–H and O–H groups in total. The monoisotopic (exact) mass is 594 g/mol. The van der Waals surface area contributed by atoms with Gasteiger partial charge in [-0.3, -0.25) is 4.79 Å². The summed E-state index contributed by atoms with van der Waals surface area (Å²) in [5.41, 5.74) is 5.02. The van der Waals surface area contributed by atoms with Gasteiger partial charge in [0, 0.05) is 33.6 Å². The van der Waals surface area contributed by atoms with Crippen molar-refractivity contribution in [2.45, 2.75) is 12.5 Å². The lowest BCUT2D eigenvalue weighted by Gasteiger charge is -2.25. The predicted octanol–water partition coefficient (Wildman–Crippen LogP) is 7.41. The highest BCUT2D eigenvalue weighted by molar-refractivity contribution is 7.80. The zero-order chi connectivity index (χ0) is 29.2. The van der Waals surface area contributed by atoms with E-state index in [4.69, 9.17) is 38.4 Å². The van der Waals surface area contributed by atoms with Gasteiger partial charge in [0.05, 0.1) is 31.5 Å². The average molecular weight is 595 g/mol. The van der Waals surface area contributed by atoms with Crippen molar-refractivity contribution in [3.63, 3.8) is 0 Å². The van der Waals surface area contributed by atoms with Gasteiger partial charge in [-0.15, -0.1) is 0 Å². The van der Waals surface area contributed by atoms with Crippen LogP contribution in [0.1, 0.15) is 23.6 Å². The van der Waals surface area contributed by atoms with Crippen molar-refractivity contribution in [3.05, 3.63) is 124 Å². The lowest BCUT2D eigenvalue weighted by Crippen LogP contribution is -2.31. The molecule has 0 amide bonds. The minimum absolute atomic E-state index is 0.229. The molecule has 2 heterocycles. The molecule has 1 aliphatic heterocycles. The molecule has 0 aliphatic carbocycles. The number of anilines is 1. The molecular weight excluding hydrogens is 568 g/mol. The van der Waals surface area contributed by atoms with E-state index in [1.165, 1.54) is 0 Å². The maximum absolute atomic E-state index is 13.8. The van der Waals surface area contributed by atoms with E-state index < -0.39 is 0 Å². The van der Waals surface area contributed by atoms with Crippen LogP contribution in [0.3, 0.4) is 0 Å². The topological polar surface area (TPSA) is 79.0 Å². The fraction of sp³-hybridized carbons (Fsp3) is 0.121. The number of H-pyrrole nitrogens is 1. The van der Waals surface area contributed by atoms with E-state index in [1.807, 2.05) is 97.1 Å². The molecule has 1 aliphatic rings. The maximum Gasteiger partial charge on any atom is 0.258 e. The number of para-hydroxylation sites is 2. The quantitative estimate of drug-likeness (QED) is 0.199. The van der Waals surface area contributed by atoms with Crippen molar-refractivity contribution in [3.8, 4) is 22.6 Å². The van der Waals surface area contributed by atoms with Gasteiger partial charge in [-0.25, -0.2) is 5.01 Å². The third-order valence-corrected chi connectivity index (χ3v) is 7.82. The summed E-state index contributed by atoms with van der Waals surface area (Å²) in [6.45, 7) is 0. The lowest BCUT2D eigenvalue weighted by molar-refractivity contribution is 0.348. The van der Waals surface area contributed by atoms with Crippen molar-refractivity contribution in [1.29, 1.82) is 0 Å². The summed E-state index contributed by atoms with van der Waals surface area (Å²) in [7, 11) is 3.20. The zero-order valence-electron chi connectivity index (χ0n) is 22.9. The zero-order valence-corrected chi connectivity index (χ0v) is 24.5. The largest absolute Gasteiger partial charge is 0.493 e. The third-order valence-electron chi connectivity index (χ3n) is 7.28. The van der Waals surface area contributed by atoms with Gasteiger partial charge in [-0.1, -0.05) is 66.2 Å². The summed E-state index contributed by atoms with van der Waals surface area (Å²) in [4.78, 5) is 16.9. The van der Waals surface area contributed by atoms with E-state index in [9.17, 15) is 4.79 Å². The Balaban J connectivity index is 1.51. The Morgan fingerprint density at radius 3 is 2.38 bits per heavy atom. The van der Waals surface area contributed by atoms with E-state index in [-0.39, 0.29) is 11.6 Å². The Morgan fingerprint density at radius 1 is 0.929 bits per heavy atom.